The lowest BCUT2D eigenvalue weighted by Gasteiger charge is -2.23. The van der Waals surface area contributed by atoms with E-state index in [4.69, 9.17) is 0 Å². The van der Waals surface area contributed by atoms with E-state index in [1.165, 1.54) is 0 Å². The van der Waals surface area contributed by atoms with Crippen molar-refractivity contribution in [3.63, 3.8) is 0 Å². The molecule has 6 heteroatoms. The zero-order valence-corrected chi connectivity index (χ0v) is 11.1. The van der Waals surface area contributed by atoms with Crippen LogP contribution in [0.2, 0.25) is 0 Å². The summed E-state index contributed by atoms with van der Waals surface area (Å²) in [5.74, 6) is -0.128. The van der Waals surface area contributed by atoms with Gasteiger partial charge in [0.05, 0.1) is 11.3 Å². The molecule has 1 aromatic heterocycles. The van der Waals surface area contributed by atoms with Crippen LogP contribution in [0, 0.1) is 6.92 Å². The minimum atomic E-state index is -0.169. The van der Waals surface area contributed by atoms with E-state index in [9.17, 15) is 9.59 Å². The minimum absolute atomic E-state index is 0.0174. The van der Waals surface area contributed by atoms with Gasteiger partial charge >= 0.3 is 0 Å². The molecule has 1 atom stereocenters. The Bertz CT molecular complexity index is 491. The number of aromatic nitrogens is 1. The van der Waals surface area contributed by atoms with Crippen LogP contribution in [0.4, 0.5) is 5.69 Å². The molecule has 1 aliphatic rings. The van der Waals surface area contributed by atoms with Gasteiger partial charge in [-0.15, -0.1) is 0 Å². The Hall–Kier alpha value is -2.11. The van der Waals surface area contributed by atoms with E-state index < -0.39 is 0 Å². The van der Waals surface area contributed by atoms with Crippen molar-refractivity contribution in [2.24, 2.45) is 0 Å². The van der Waals surface area contributed by atoms with Gasteiger partial charge in [0.2, 0.25) is 5.91 Å². The van der Waals surface area contributed by atoms with Crippen LogP contribution < -0.4 is 16.0 Å². The van der Waals surface area contributed by atoms with Gasteiger partial charge in [0.1, 0.15) is 0 Å². The molecule has 1 aliphatic heterocycles. The van der Waals surface area contributed by atoms with Crippen molar-refractivity contribution in [1.82, 2.24) is 15.6 Å². The van der Waals surface area contributed by atoms with Gasteiger partial charge in [-0.1, -0.05) is 0 Å². The van der Waals surface area contributed by atoms with Gasteiger partial charge in [0.25, 0.3) is 5.91 Å². The van der Waals surface area contributed by atoms with Crippen LogP contribution in [0.5, 0.6) is 0 Å². The predicted octanol–water partition coefficient (Wildman–Crippen LogP) is 0.440. The number of nitrogens with zero attached hydrogens (tertiary/aromatic N) is 1. The monoisotopic (exact) mass is 262 g/mol. The van der Waals surface area contributed by atoms with Gasteiger partial charge in [-0.05, 0) is 19.4 Å². The first kappa shape index (κ1) is 13.3. The lowest BCUT2D eigenvalue weighted by Crippen LogP contribution is -2.47. The Balaban J connectivity index is 2.05. The van der Waals surface area contributed by atoms with E-state index in [0.29, 0.717) is 24.9 Å². The normalized spacial score (nSPS) is 18.6. The Morgan fingerprint density at radius 2 is 2.32 bits per heavy atom. The number of rotatable bonds is 3. The molecule has 19 heavy (non-hydrogen) atoms. The van der Waals surface area contributed by atoms with Crippen LogP contribution in [0.25, 0.3) is 0 Å². The van der Waals surface area contributed by atoms with Crippen molar-refractivity contribution in [2.45, 2.75) is 25.8 Å². The fraction of sp³-hybridized carbons (Fsp3) is 0.462. The highest BCUT2D eigenvalue weighted by atomic mass is 16.2. The second-order valence-corrected chi connectivity index (χ2v) is 4.63. The molecule has 2 heterocycles. The Morgan fingerprint density at radius 3 is 2.95 bits per heavy atom. The molecule has 6 nitrogen and oxygen atoms in total. The molecule has 2 rings (SSSR count). The first-order valence-corrected chi connectivity index (χ1v) is 6.32. The van der Waals surface area contributed by atoms with Crippen LogP contribution in [-0.2, 0) is 4.79 Å². The van der Waals surface area contributed by atoms with Crippen LogP contribution in [0.1, 0.15) is 28.9 Å². The van der Waals surface area contributed by atoms with Crippen LogP contribution in [-0.4, -0.2) is 36.4 Å². The van der Waals surface area contributed by atoms with E-state index in [-0.39, 0.29) is 17.9 Å². The number of amides is 2. The standard InChI is InChI=1S/C13H18N4O2/c1-8-5-11(14-2)10(7-15-8)13(19)17-9-3-4-12(18)16-6-9/h5,7,9H,3-4,6H2,1-2H3,(H,14,15)(H,16,18)(H,17,19). The van der Waals surface area contributed by atoms with Gasteiger partial charge < -0.3 is 16.0 Å². The minimum Gasteiger partial charge on any atom is -0.387 e. The lowest BCUT2D eigenvalue weighted by molar-refractivity contribution is -0.122. The third-order valence-corrected chi connectivity index (χ3v) is 3.16. The van der Waals surface area contributed by atoms with Crippen molar-refractivity contribution >= 4 is 17.5 Å². The fourth-order valence-electron chi connectivity index (χ4n) is 2.07. The molecular formula is C13H18N4O2. The average Bonchev–Trinajstić information content (AvgIpc) is 2.41. The maximum absolute atomic E-state index is 12.2. The van der Waals surface area contributed by atoms with Gasteiger partial charge in [-0.2, -0.15) is 0 Å². The predicted molar refractivity (Wildman–Crippen MR) is 72.0 cm³/mol. The Morgan fingerprint density at radius 1 is 1.53 bits per heavy atom. The summed E-state index contributed by atoms with van der Waals surface area (Å²) >= 11 is 0. The van der Waals surface area contributed by atoms with Crippen LogP contribution in [0.3, 0.4) is 0 Å². The van der Waals surface area contributed by atoms with Crippen LogP contribution >= 0.6 is 0 Å². The summed E-state index contributed by atoms with van der Waals surface area (Å²) in [6.45, 7) is 2.36. The molecule has 1 aromatic rings. The highest BCUT2D eigenvalue weighted by Gasteiger charge is 2.21. The molecule has 0 aromatic carbocycles. The highest BCUT2D eigenvalue weighted by molar-refractivity contribution is 5.99. The molecule has 2 amide bonds. The molecule has 1 saturated heterocycles. The molecule has 0 bridgehead atoms. The smallest absolute Gasteiger partial charge is 0.255 e. The van der Waals surface area contributed by atoms with Crippen LogP contribution in [0.15, 0.2) is 12.3 Å². The first-order valence-electron chi connectivity index (χ1n) is 6.32. The summed E-state index contributed by atoms with van der Waals surface area (Å²) in [7, 11) is 1.77. The molecule has 1 unspecified atom stereocenters. The number of pyridine rings is 1. The molecular weight excluding hydrogens is 244 g/mol. The summed E-state index contributed by atoms with van der Waals surface area (Å²) in [5, 5.41) is 8.65. The molecule has 3 N–H and O–H groups in total. The molecule has 102 valence electrons. The molecule has 1 fully saturated rings. The van der Waals surface area contributed by atoms with E-state index in [1.54, 1.807) is 13.2 Å². The summed E-state index contributed by atoms with van der Waals surface area (Å²) in [5.41, 5.74) is 2.13. The first-order chi connectivity index (χ1) is 9.10. The van der Waals surface area contributed by atoms with E-state index in [2.05, 4.69) is 20.9 Å². The fourth-order valence-corrected chi connectivity index (χ4v) is 2.07. The van der Waals surface area contributed by atoms with E-state index in [1.807, 2.05) is 13.0 Å². The number of piperidine rings is 1. The third-order valence-electron chi connectivity index (χ3n) is 3.16. The largest absolute Gasteiger partial charge is 0.387 e. The summed E-state index contributed by atoms with van der Waals surface area (Å²) < 4.78 is 0. The van der Waals surface area contributed by atoms with E-state index >= 15 is 0 Å². The van der Waals surface area contributed by atoms with Gasteiger partial charge in [-0.25, -0.2) is 0 Å². The number of aryl methyl sites for hydroxylation is 1. The quantitative estimate of drug-likeness (QED) is 0.738. The maximum Gasteiger partial charge on any atom is 0.255 e. The average molecular weight is 262 g/mol. The number of hydrogen-bond donors (Lipinski definition) is 3. The zero-order valence-electron chi connectivity index (χ0n) is 11.1. The molecule has 0 spiro atoms. The Kier molecular flexibility index (Phi) is 3.99. The van der Waals surface area contributed by atoms with Crippen molar-refractivity contribution in [3.8, 4) is 0 Å². The Labute approximate surface area is 112 Å². The molecule has 0 aliphatic carbocycles. The molecule has 0 saturated carbocycles. The summed E-state index contributed by atoms with van der Waals surface area (Å²) in [4.78, 5) is 27.4. The van der Waals surface area contributed by atoms with Gasteiger partial charge in [-0.3, -0.25) is 14.6 Å². The summed E-state index contributed by atoms with van der Waals surface area (Å²) in [6.07, 6.45) is 2.69. The topological polar surface area (TPSA) is 83.1 Å². The second-order valence-electron chi connectivity index (χ2n) is 4.63. The number of anilines is 1. The van der Waals surface area contributed by atoms with Gasteiger partial charge in [0.15, 0.2) is 0 Å². The number of carbonyl (C=O) groups excluding carboxylic acids is 2. The third kappa shape index (κ3) is 3.21. The number of carbonyl (C=O) groups is 2. The van der Waals surface area contributed by atoms with Gasteiger partial charge in [0, 0.05) is 37.9 Å². The summed E-state index contributed by atoms with van der Waals surface area (Å²) in [6, 6.07) is 1.81. The number of nitrogens with one attached hydrogen (secondary N) is 3. The highest BCUT2D eigenvalue weighted by Crippen LogP contribution is 2.15. The van der Waals surface area contributed by atoms with Crippen molar-refractivity contribution in [3.05, 3.63) is 23.5 Å². The van der Waals surface area contributed by atoms with E-state index in [0.717, 1.165) is 11.4 Å². The molecule has 0 radical (unpaired) electrons. The van der Waals surface area contributed by atoms with Crippen molar-refractivity contribution < 1.29 is 9.59 Å². The lowest BCUT2D eigenvalue weighted by atomic mass is 10.1. The maximum atomic E-state index is 12.2. The van der Waals surface area contributed by atoms with Crippen molar-refractivity contribution in [2.75, 3.05) is 18.9 Å². The zero-order chi connectivity index (χ0) is 13.8. The van der Waals surface area contributed by atoms with Crippen molar-refractivity contribution in [1.29, 1.82) is 0 Å². The SMILES string of the molecule is CNc1cc(C)ncc1C(=O)NC1CCC(=O)NC1. The second kappa shape index (κ2) is 5.69. The number of hydrogen-bond acceptors (Lipinski definition) is 4.